The number of esters is 1. The average Bonchev–Trinajstić information content (AvgIpc) is 2.12. The van der Waals surface area contributed by atoms with Gasteiger partial charge in [-0.2, -0.15) is 0 Å². The van der Waals surface area contributed by atoms with Gasteiger partial charge in [-0.25, -0.2) is 4.79 Å². The highest BCUT2D eigenvalue weighted by Gasteiger charge is 2.13. The Morgan fingerprint density at radius 1 is 1.50 bits per heavy atom. The molecule has 0 spiro atoms. The molecule has 14 heavy (non-hydrogen) atoms. The van der Waals surface area contributed by atoms with E-state index in [1.807, 2.05) is 0 Å². The van der Waals surface area contributed by atoms with Gasteiger partial charge in [0.25, 0.3) is 0 Å². The van der Waals surface area contributed by atoms with Crippen LogP contribution in [0.2, 0.25) is 0 Å². The Kier molecular flexibility index (Phi) is 5.91. The van der Waals surface area contributed by atoms with Gasteiger partial charge in [0.05, 0.1) is 12.3 Å². The quantitative estimate of drug-likeness (QED) is 0.380. The maximum atomic E-state index is 11.0. The van der Waals surface area contributed by atoms with E-state index in [0.717, 1.165) is 0 Å². The Morgan fingerprint density at radius 2 is 2.07 bits per heavy atom. The summed E-state index contributed by atoms with van der Waals surface area (Å²) in [7, 11) is 0. The van der Waals surface area contributed by atoms with Crippen LogP contribution in [-0.2, 0) is 14.3 Å². The second kappa shape index (κ2) is 6.39. The predicted octanol–water partition coefficient (Wildman–Crippen LogP) is 0.160. The lowest BCUT2D eigenvalue weighted by Gasteiger charge is -2.08. The van der Waals surface area contributed by atoms with E-state index >= 15 is 0 Å². The van der Waals surface area contributed by atoms with Crippen LogP contribution in [0.5, 0.6) is 0 Å². The van der Waals surface area contributed by atoms with Crippen molar-refractivity contribution in [1.29, 1.82) is 0 Å². The fraction of sp³-hybridized carbons (Fsp3) is 0.500. The summed E-state index contributed by atoms with van der Waals surface area (Å²) in [5, 5.41) is 17.2. The molecule has 1 atom stereocenters. The molecule has 0 aromatic rings. The number of aliphatic hydroxyl groups is 1. The van der Waals surface area contributed by atoms with Crippen LogP contribution in [-0.4, -0.2) is 40.7 Å². The minimum atomic E-state index is -1.16. The normalized spacial score (nSPS) is 11.9. The van der Waals surface area contributed by atoms with Crippen LogP contribution < -0.4 is 0 Å². The number of carbonyl (C=O) groups is 2. The maximum absolute atomic E-state index is 11.0. The summed E-state index contributed by atoms with van der Waals surface area (Å²) in [6.07, 6.45) is -1.42. The van der Waals surface area contributed by atoms with E-state index < -0.39 is 24.5 Å². The molecule has 0 aromatic heterocycles. The van der Waals surface area contributed by atoms with E-state index in [1.165, 1.54) is 0 Å². The van der Waals surface area contributed by atoms with Gasteiger partial charge in [0.15, 0.2) is 0 Å². The number of hydrogen-bond acceptors (Lipinski definition) is 4. The van der Waals surface area contributed by atoms with Crippen LogP contribution in [0.4, 0.5) is 0 Å². The van der Waals surface area contributed by atoms with Crippen molar-refractivity contribution in [2.45, 2.75) is 12.5 Å². The van der Waals surface area contributed by atoms with E-state index in [9.17, 15) is 9.59 Å². The first-order chi connectivity index (χ1) is 6.47. The molecule has 0 bridgehead atoms. The Morgan fingerprint density at radius 3 is 2.50 bits per heavy atom. The molecule has 0 saturated heterocycles. The molecule has 0 rings (SSSR count). The van der Waals surface area contributed by atoms with E-state index in [1.54, 1.807) is 0 Å². The summed E-state index contributed by atoms with van der Waals surface area (Å²) in [5.74, 6) is -2.06. The third kappa shape index (κ3) is 5.55. The van der Waals surface area contributed by atoms with Gasteiger partial charge < -0.3 is 14.9 Å². The number of alkyl halides is 1. The zero-order valence-corrected chi connectivity index (χ0v) is 8.16. The molecule has 0 aliphatic rings. The highest BCUT2D eigenvalue weighted by atomic mass is 35.5. The van der Waals surface area contributed by atoms with Crippen molar-refractivity contribution in [3.05, 3.63) is 12.2 Å². The molecule has 5 nitrogen and oxygen atoms in total. The summed E-state index contributed by atoms with van der Waals surface area (Å²) in [6, 6.07) is 0. The minimum Gasteiger partial charge on any atom is -0.481 e. The fourth-order valence-electron chi connectivity index (χ4n) is 0.573. The topological polar surface area (TPSA) is 83.8 Å². The standard InChI is InChI=1S/C8H11ClO5/c1-5(2-7(11)12)8(13)14-4-6(10)3-9/h6,10H,1-4H2,(H,11,12). The molecule has 80 valence electrons. The molecular formula is C8H11ClO5. The van der Waals surface area contributed by atoms with Crippen molar-refractivity contribution in [3.8, 4) is 0 Å². The Labute approximate surface area is 85.9 Å². The highest BCUT2D eigenvalue weighted by Crippen LogP contribution is 2.01. The molecule has 0 heterocycles. The lowest BCUT2D eigenvalue weighted by atomic mass is 10.2. The van der Waals surface area contributed by atoms with Crippen molar-refractivity contribution in [1.82, 2.24) is 0 Å². The number of rotatable bonds is 6. The zero-order valence-electron chi connectivity index (χ0n) is 7.40. The Balaban J connectivity index is 3.85. The molecule has 0 fully saturated rings. The van der Waals surface area contributed by atoms with Crippen molar-refractivity contribution >= 4 is 23.5 Å². The molecule has 2 N–H and O–H groups in total. The van der Waals surface area contributed by atoms with E-state index in [0.29, 0.717) is 0 Å². The number of aliphatic carboxylic acids is 1. The number of carboxylic acids is 1. The third-order valence-corrected chi connectivity index (χ3v) is 1.59. The molecular weight excluding hydrogens is 212 g/mol. The van der Waals surface area contributed by atoms with Gasteiger partial charge in [-0.15, -0.1) is 11.6 Å². The summed E-state index contributed by atoms with van der Waals surface area (Å²) in [5.41, 5.74) is -0.167. The number of hydrogen-bond donors (Lipinski definition) is 2. The molecule has 0 saturated carbocycles. The van der Waals surface area contributed by atoms with Crippen molar-refractivity contribution in [3.63, 3.8) is 0 Å². The van der Waals surface area contributed by atoms with Crippen molar-refractivity contribution in [2.75, 3.05) is 12.5 Å². The monoisotopic (exact) mass is 222 g/mol. The van der Waals surface area contributed by atoms with Crippen LogP contribution in [0.25, 0.3) is 0 Å². The van der Waals surface area contributed by atoms with Crippen molar-refractivity contribution in [2.24, 2.45) is 0 Å². The largest absolute Gasteiger partial charge is 0.481 e. The molecule has 0 aliphatic carbocycles. The Bertz CT molecular complexity index is 238. The second-order valence-electron chi connectivity index (χ2n) is 2.58. The molecule has 6 heteroatoms. The number of carboxylic acid groups (broad SMARTS) is 1. The summed E-state index contributed by atoms with van der Waals surface area (Å²) >= 11 is 5.24. The molecule has 0 amide bonds. The van der Waals surface area contributed by atoms with Gasteiger partial charge in [-0.1, -0.05) is 6.58 Å². The molecule has 0 aliphatic heterocycles. The average molecular weight is 223 g/mol. The smallest absolute Gasteiger partial charge is 0.334 e. The molecule has 0 radical (unpaired) electrons. The van der Waals surface area contributed by atoms with Gasteiger partial charge >= 0.3 is 11.9 Å². The first-order valence-corrected chi connectivity index (χ1v) is 4.31. The van der Waals surface area contributed by atoms with Gasteiger partial charge in [0.1, 0.15) is 12.7 Å². The van der Waals surface area contributed by atoms with Gasteiger partial charge in [0, 0.05) is 5.57 Å². The second-order valence-corrected chi connectivity index (χ2v) is 2.89. The van der Waals surface area contributed by atoms with Gasteiger partial charge in [-0.3, -0.25) is 4.79 Å². The van der Waals surface area contributed by atoms with Crippen LogP contribution in [0, 0.1) is 0 Å². The third-order valence-electron chi connectivity index (χ3n) is 1.24. The lowest BCUT2D eigenvalue weighted by molar-refractivity contribution is -0.144. The zero-order chi connectivity index (χ0) is 11.1. The van der Waals surface area contributed by atoms with E-state index in [-0.39, 0.29) is 18.1 Å². The first kappa shape index (κ1) is 12.9. The van der Waals surface area contributed by atoms with E-state index in [2.05, 4.69) is 11.3 Å². The maximum Gasteiger partial charge on any atom is 0.334 e. The fourth-order valence-corrected chi connectivity index (χ4v) is 0.662. The lowest BCUT2D eigenvalue weighted by Crippen LogP contribution is -2.21. The Hall–Kier alpha value is -1.07. The van der Waals surface area contributed by atoms with Gasteiger partial charge in [0.2, 0.25) is 0 Å². The highest BCUT2D eigenvalue weighted by molar-refractivity contribution is 6.18. The number of carbonyl (C=O) groups excluding carboxylic acids is 1. The minimum absolute atomic E-state index is 0.0569. The first-order valence-electron chi connectivity index (χ1n) is 3.78. The predicted molar refractivity (Wildman–Crippen MR) is 49.1 cm³/mol. The van der Waals surface area contributed by atoms with Crippen LogP contribution in [0.1, 0.15) is 6.42 Å². The summed E-state index contributed by atoms with van der Waals surface area (Å²) in [4.78, 5) is 21.1. The van der Waals surface area contributed by atoms with E-state index in [4.69, 9.17) is 21.8 Å². The van der Waals surface area contributed by atoms with Crippen LogP contribution in [0.3, 0.4) is 0 Å². The summed E-state index contributed by atoms with van der Waals surface area (Å²) in [6.45, 7) is 2.97. The van der Waals surface area contributed by atoms with Crippen LogP contribution >= 0.6 is 11.6 Å². The number of aliphatic hydroxyl groups excluding tert-OH is 1. The molecule has 0 aromatic carbocycles. The number of ether oxygens (including phenoxy) is 1. The molecule has 1 unspecified atom stereocenters. The van der Waals surface area contributed by atoms with Crippen molar-refractivity contribution < 1.29 is 24.5 Å². The number of halogens is 1. The van der Waals surface area contributed by atoms with Crippen LogP contribution in [0.15, 0.2) is 12.2 Å². The summed E-state index contributed by atoms with van der Waals surface area (Å²) < 4.78 is 4.52. The SMILES string of the molecule is C=C(CC(=O)O)C(=O)OCC(O)CCl. The van der Waals surface area contributed by atoms with Gasteiger partial charge in [-0.05, 0) is 0 Å².